The molecule has 0 radical (unpaired) electrons. The van der Waals surface area contributed by atoms with Gasteiger partial charge in [-0.15, -0.1) is 0 Å². The second-order valence-electron chi connectivity index (χ2n) is 2.20. The van der Waals surface area contributed by atoms with Gasteiger partial charge in [0.1, 0.15) is 11.9 Å². The van der Waals surface area contributed by atoms with Crippen LogP contribution in [0.15, 0.2) is 22.8 Å². The highest BCUT2D eigenvalue weighted by Gasteiger charge is 2.15. The van der Waals surface area contributed by atoms with Crippen molar-refractivity contribution < 1.29 is 14.6 Å². The van der Waals surface area contributed by atoms with Crippen LogP contribution in [0.3, 0.4) is 0 Å². The summed E-state index contributed by atoms with van der Waals surface area (Å²) < 4.78 is 4.85. The van der Waals surface area contributed by atoms with E-state index in [2.05, 4.69) is 0 Å². The van der Waals surface area contributed by atoms with Crippen molar-refractivity contribution in [1.82, 2.24) is 0 Å². The molecule has 3 heteroatoms. The van der Waals surface area contributed by atoms with Crippen LogP contribution in [-0.4, -0.2) is 16.3 Å². The molecule has 1 aromatic heterocycles. The maximum atomic E-state index is 9.14. The van der Waals surface area contributed by atoms with Crippen LogP contribution in [0.2, 0.25) is 0 Å². The Labute approximate surface area is 58.9 Å². The minimum Gasteiger partial charge on any atom is -0.466 e. The molecule has 0 saturated carbocycles. The van der Waals surface area contributed by atoms with E-state index in [1.165, 1.54) is 13.2 Å². The predicted octanol–water partition coefficient (Wildman–Crippen LogP) is 0.694. The van der Waals surface area contributed by atoms with Crippen LogP contribution in [-0.2, 0) is 0 Å². The monoisotopic (exact) mass is 142 g/mol. The molecule has 0 fully saturated rings. The summed E-state index contributed by atoms with van der Waals surface area (Å²) >= 11 is 0. The van der Waals surface area contributed by atoms with Crippen LogP contribution in [0.5, 0.6) is 0 Å². The fourth-order valence-electron chi connectivity index (χ4n) is 0.697. The van der Waals surface area contributed by atoms with Crippen molar-refractivity contribution in [3.8, 4) is 0 Å². The van der Waals surface area contributed by atoms with E-state index in [1.807, 2.05) is 0 Å². The molecule has 0 aliphatic rings. The van der Waals surface area contributed by atoms with E-state index in [0.29, 0.717) is 5.76 Å². The Balaban J connectivity index is 2.68. The molecule has 1 aromatic rings. The van der Waals surface area contributed by atoms with Gasteiger partial charge in [0.05, 0.1) is 12.4 Å². The summed E-state index contributed by atoms with van der Waals surface area (Å²) in [6, 6.07) is 3.29. The summed E-state index contributed by atoms with van der Waals surface area (Å²) in [5, 5.41) is 18.0. The number of aliphatic hydroxyl groups excluding tert-OH is 2. The third-order valence-corrected chi connectivity index (χ3v) is 1.29. The van der Waals surface area contributed by atoms with Gasteiger partial charge >= 0.3 is 0 Å². The SMILES string of the molecule is C[C@H](O)[C@H](O)c1ccco1. The molecule has 0 amide bonds. The van der Waals surface area contributed by atoms with E-state index in [-0.39, 0.29) is 0 Å². The first kappa shape index (κ1) is 7.31. The molecule has 1 rings (SSSR count). The Bertz CT molecular complexity index is 179. The second kappa shape index (κ2) is 2.86. The molecule has 1 heterocycles. The van der Waals surface area contributed by atoms with Gasteiger partial charge in [0.15, 0.2) is 0 Å². The lowest BCUT2D eigenvalue weighted by Gasteiger charge is -2.09. The number of hydrogen-bond acceptors (Lipinski definition) is 3. The van der Waals surface area contributed by atoms with Crippen LogP contribution in [0, 0.1) is 0 Å². The van der Waals surface area contributed by atoms with Crippen molar-refractivity contribution in [3.63, 3.8) is 0 Å². The van der Waals surface area contributed by atoms with Crippen LogP contribution < -0.4 is 0 Å². The summed E-state index contributed by atoms with van der Waals surface area (Å²) in [5.41, 5.74) is 0. The van der Waals surface area contributed by atoms with E-state index in [1.54, 1.807) is 12.1 Å². The zero-order valence-electron chi connectivity index (χ0n) is 5.69. The van der Waals surface area contributed by atoms with Gasteiger partial charge in [0, 0.05) is 0 Å². The summed E-state index contributed by atoms with van der Waals surface area (Å²) in [7, 11) is 0. The molecule has 0 aliphatic carbocycles. The zero-order chi connectivity index (χ0) is 7.56. The molecule has 0 aromatic carbocycles. The summed E-state index contributed by atoms with van der Waals surface area (Å²) in [4.78, 5) is 0. The van der Waals surface area contributed by atoms with E-state index in [9.17, 15) is 0 Å². The van der Waals surface area contributed by atoms with Gasteiger partial charge in [-0.1, -0.05) is 0 Å². The van der Waals surface area contributed by atoms with E-state index >= 15 is 0 Å². The maximum absolute atomic E-state index is 9.14. The van der Waals surface area contributed by atoms with Gasteiger partial charge in [0.2, 0.25) is 0 Å². The Kier molecular flexibility index (Phi) is 2.09. The van der Waals surface area contributed by atoms with Crippen LogP contribution >= 0.6 is 0 Å². The van der Waals surface area contributed by atoms with Gasteiger partial charge in [-0.05, 0) is 19.1 Å². The van der Waals surface area contributed by atoms with Gasteiger partial charge in [-0.25, -0.2) is 0 Å². The normalized spacial score (nSPS) is 16.7. The van der Waals surface area contributed by atoms with Crippen molar-refractivity contribution in [2.75, 3.05) is 0 Å². The number of hydrogen-bond donors (Lipinski definition) is 2. The quantitative estimate of drug-likeness (QED) is 0.638. The highest BCUT2D eigenvalue weighted by Crippen LogP contribution is 2.15. The molecule has 10 heavy (non-hydrogen) atoms. The van der Waals surface area contributed by atoms with Gasteiger partial charge in [-0.3, -0.25) is 0 Å². The largest absolute Gasteiger partial charge is 0.466 e. The standard InChI is InChI=1S/C7H10O3/c1-5(8)7(9)6-3-2-4-10-6/h2-5,7-9H,1H3/t5-,7-/m0/s1. The first-order chi connectivity index (χ1) is 4.72. The Morgan fingerprint density at radius 2 is 2.20 bits per heavy atom. The fourth-order valence-corrected chi connectivity index (χ4v) is 0.697. The van der Waals surface area contributed by atoms with Crippen molar-refractivity contribution in [3.05, 3.63) is 24.2 Å². The van der Waals surface area contributed by atoms with E-state index < -0.39 is 12.2 Å². The van der Waals surface area contributed by atoms with Gasteiger partial charge in [0.25, 0.3) is 0 Å². The molecule has 2 atom stereocenters. The number of furan rings is 1. The van der Waals surface area contributed by atoms with Crippen molar-refractivity contribution in [2.45, 2.75) is 19.1 Å². The maximum Gasteiger partial charge on any atom is 0.137 e. The number of rotatable bonds is 2. The highest BCUT2D eigenvalue weighted by molar-refractivity contribution is 5.02. The van der Waals surface area contributed by atoms with Crippen LogP contribution in [0.4, 0.5) is 0 Å². The molecule has 3 nitrogen and oxygen atoms in total. The summed E-state index contributed by atoms with van der Waals surface area (Å²) in [6.07, 6.45) is -0.234. The molecule has 56 valence electrons. The fraction of sp³-hybridized carbons (Fsp3) is 0.429. The van der Waals surface area contributed by atoms with Crippen LogP contribution in [0.25, 0.3) is 0 Å². The molecule has 0 aliphatic heterocycles. The number of aliphatic hydroxyl groups is 2. The predicted molar refractivity (Wildman–Crippen MR) is 35.3 cm³/mol. The minimum atomic E-state index is -0.907. The zero-order valence-corrected chi connectivity index (χ0v) is 5.69. The average Bonchev–Trinajstić information content (AvgIpc) is 2.36. The molecule has 0 unspecified atom stereocenters. The molecule has 0 spiro atoms. The van der Waals surface area contributed by atoms with Gasteiger partial charge < -0.3 is 14.6 Å². The third-order valence-electron chi connectivity index (χ3n) is 1.29. The Morgan fingerprint density at radius 1 is 1.50 bits per heavy atom. The molecular weight excluding hydrogens is 132 g/mol. The van der Waals surface area contributed by atoms with E-state index in [4.69, 9.17) is 14.6 Å². The summed E-state index contributed by atoms with van der Waals surface area (Å²) in [6.45, 7) is 1.51. The summed E-state index contributed by atoms with van der Waals surface area (Å²) in [5.74, 6) is 0.398. The van der Waals surface area contributed by atoms with Gasteiger partial charge in [-0.2, -0.15) is 0 Å². The first-order valence-electron chi connectivity index (χ1n) is 3.11. The highest BCUT2D eigenvalue weighted by atomic mass is 16.4. The Hall–Kier alpha value is -0.800. The lowest BCUT2D eigenvalue weighted by molar-refractivity contribution is 0.0169. The lowest BCUT2D eigenvalue weighted by Crippen LogP contribution is -2.12. The van der Waals surface area contributed by atoms with E-state index in [0.717, 1.165) is 0 Å². The molecule has 0 saturated heterocycles. The van der Waals surface area contributed by atoms with Crippen molar-refractivity contribution in [1.29, 1.82) is 0 Å². The van der Waals surface area contributed by atoms with Crippen LogP contribution in [0.1, 0.15) is 18.8 Å². The average molecular weight is 142 g/mol. The second-order valence-corrected chi connectivity index (χ2v) is 2.20. The first-order valence-corrected chi connectivity index (χ1v) is 3.11. The molecule has 2 N–H and O–H groups in total. The minimum absolute atomic E-state index is 0.398. The molecule has 0 bridgehead atoms. The Morgan fingerprint density at radius 3 is 2.60 bits per heavy atom. The molecular formula is C7H10O3. The topological polar surface area (TPSA) is 53.6 Å². The van der Waals surface area contributed by atoms with Crippen molar-refractivity contribution in [2.24, 2.45) is 0 Å². The third kappa shape index (κ3) is 1.37. The lowest BCUT2D eigenvalue weighted by atomic mass is 10.2. The van der Waals surface area contributed by atoms with Crippen molar-refractivity contribution >= 4 is 0 Å². The smallest absolute Gasteiger partial charge is 0.137 e.